The van der Waals surface area contributed by atoms with E-state index in [1.165, 1.54) is 0 Å². The van der Waals surface area contributed by atoms with Gasteiger partial charge in [-0.2, -0.15) is 0 Å². The number of halogens is 2. The summed E-state index contributed by atoms with van der Waals surface area (Å²) in [6, 6.07) is -0.0123. The van der Waals surface area contributed by atoms with Crippen LogP contribution in [0.4, 0.5) is 0 Å². The first-order chi connectivity index (χ1) is 10.6. The molecule has 2 atom stereocenters. The van der Waals surface area contributed by atoms with Crippen LogP contribution in [0.15, 0.2) is 12.4 Å². The second kappa shape index (κ2) is 10.9. The van der Waals surface area contributed by atoms with Crippen molar-refractivity contribution in [2.24, 2.45) is 7.05 Å². The first-order valence-corrected chi connectivity index (χ1v) is 8.36. The molecule has 2 rings (SSSR count). The van der Waals surface area contributed by atoms with Gasteiger partial charge < -0.3 is 14.8 Å². The van der Waals surface area contributed by atoms with Crippen LogP contribution in [-0.4, -0.2) is 64.0 Å². The summed E-state index contributed by atoms with van der Waals surface area (Å²) in [6.07, 6.45) is 4.58. The summed E-state index contributed by atoms with van der Waals surface area (Å²) in [7, 11) is 1.99. The zero-order valence-corrected chi connectivity index (χ0v) is 16.7. The molecule has 6 nitrogen and oxygen atoms in total. The molecule has 0 saturated carbocycles. The Morgan fingerprint density at radius 3 is 2.54 bits per heavy atom. The fourth-order valence-electron chi connectivity index (χ4n) is 3.34. The lowest BCUT2D eigenvalue weighted by atomic mass is 10.1. The Morgan fingerprint density at radius 1 is 1.38 bits per heavy atom. The van der Waals surface area contributed by atoms with Gasteiger partial charge in [0.15, 0.2) is 0 Å². The molecule has 1 aliphatic heterocycles. The van der Waals surface area contributed by atoms with Crippen LogP contribution in [0.5, 0.6) is 0 Å². The molecule has 2 heterocycles. The maximum absolute atomic E-state index is 13.1. The molecule has 8 heteroatoms. The van der Waals surface area contributed by atoms with E-state index < -0.39 is 0 Å². The molecule has 1 amide bonds. The summed E-state index contributed by atoms with van der Waals surface area (Å²) >= 11 is 0. The summed E-state index contributed by atoms with van der Waals surface area (Å²) < 4.78 is 2.01. The van der Waals surface area contributed by atoms with Gasteiger partial charge in [0.1, 0.15) is 11.9 Å². The van der Waals surface area contributed by atoms with Crippen molar-refractivity contribution in [3.05, 3.63) is 18.2 Å². The van der Waals surface area contributed by atoms with Crippen molar-refractivity contribution in [1.82, 2.24) is 24.7 Å². The summed E-state index contributed by atoms with van der Waals surface area (Å²) in [5.41, 5.74) is 0. The maximum Gasteiger partial charge on any atom is 0.240 e. The fourth-order valence-corrected chi connectivity index (χ4v) is 3.34. The number of piperazine rings is 1. The average molecular weight is 380 g/mol. The second-order valence-electron chi connectivity index (χ2n) is 5.79. The van der Waals surface area contributed by atoms with E-state index in [1.807, 2.05) is 22.7 Å². The van der Waals surface area contributed by atoms with Crippen molar-refractivity contribution in [3.8, 4) is 0 Å². The number of carbonyl (C=O) groups excluding carboxylic acids is 1. The van der Waals surface area contributed by atoms with Gasteiger partial charge in [-0.05, 0) is 19.5 Å². The third-order valence-corrected chi connectivity index (χ3v) is 4.61. The van der Waals surface area contributed by atoms with Gasteiger partial charge in [-0.15, -0.1) is 24.8 Å². The van der Waals surface area contributed by atoms with E-state index >= 15 is 0 Å². The molecule has 1 saturated heterocycles. The van der Waals surface area contributed by atoms with Gasteiger partial charge in [-0.3, -0.25) is 9.69 Å². The minimum absolute atomic E-state index is 0. The molecule has 1 aliphatic rings. The molecule has 0 aromatic carbocycles. The summed E-state index contributed by atoms with van der Waals surface area (Å²) in [6.45, 7) is 10.5. The zero-order chi connectivity index (χ0) is 16.1. The molecule has 1 N–H and O–H groups in total. The predicted octanol–water partition coefficient (Wildman–Crippen LogP) is 1.86. The minimum Gasteiger partial charge on any atom is -0.336 e. The smallest absolute Gasteiger partial charge is 0.240 e. The molecule has 1 aromatic rings. The van der Waals surface area contributed by atoms with Crippen molar-refractivity contribution in [2.45, 2.75) is 39.3 Å². The van der Waals surface area contributed by atoms with Gasteiger partial charge in [-0.25, -0.2) is 4.98 Å². The van der Waals surface area contributed by atoms with Crippen LogP contribution in [0.25, 0.3) is 0 Å². The molecule has 0 radical (unpaired) electrons. The monoisotopic (exact) mass is 379 g/mol. The highest BCUT2D eigenvalue weighted by Crippen LogP contribution is 2.23. The first-order valence-electron chi connectivity index (χ1n) is 8.36. The fraction of sp³-hybridized carbons (Fsp3) is 0.750. The number of rotatable bonds is 6. The number of aromatic nitrogens is 2. The van der Waals surface area contributed by atoms with Crippen LogP contribution < -0.4 is 5.32 Å². The van der Waals surface area contributed by atoms with Crippen molar-refractivity contribution in [1.29, 1.82) is 0 Å². The Bertz CT molecular complexity index is 493. The Hall–Kier alpha value is -0.820. The third kappa shape index (κ3) is 4.85. The van der Waals surface area contributed by atoms with E-state index in [0.29, 0.717) is 0 Å². The molecule has 1 aromatic heterocycles. The first kappa shape index (κ1) is 23.2. The molecule has 140 valence electrons. The van der Waals surface area contributed by atoms with Gasteiger partial charge in [0.25, 0.3) is 0 Å². The lowest BCUT2D eigenvalue weighted by Crippen LogP contribution is -2.55. The van der Waals surface area contributed by atoms with Crippen LogP contribution >= 0.6 is 24.8 Å². The largest absolute Gasteiger partial charge is 0.336 e. The molecule has 0 spiro atoms. The maximum atomic E-state index is 13.1. The van der Waals surface area contributed by atoms with Crippen molar-refractivity contribution in [3.63, 3.8) is 0 Å². The molecule has 0 aliphatic carbocycles. The molecule has 0 bridgehead atoms. The van der Waals surface area contributed by atoms with E-state index in [2.05, 4.69) is 36.0 Å². The van der Waals surface area contributed by atoms with E-state index in [0.717, 1.165) is 45.0 Å². The van der Waals surface area contributed by atoms with Gasteiger partial charge in [0.2, 0.25) is 5.91 Å². The molecular weight excluding hydrogens is 349 g/mol. The second-order valence-corrected chi connectivity index (χ2v) is 5.79. The van der Waals surface area contributed by atoms with Crippen molar-refractivity contribution < 1.29 is 4.79 Å². The quantitative estimate of drug-likeness (QED) is 0.819. The normalized spacial score (nSPS) is 18.7. The summed E-state index contributed by atoms with van der Waals surface area (Å²) in [5, 5.41) is 3.39. The number of hydrogen-bond acceptors (Lipinski definition) is 4. The zero-order valence-electron chi connectivity index (χ0n) is 15.1. The lowest BCUT2D eigenvalue weighted by molar-refractivity contribution is -0.140. The van der Waals surface area contributed by atoms with Gasteiger partial charge in [-0.1, -0.05) is 20.8 Å². The number of carbonyl (C=O) groups is 1. The third-order valence-electron chi connectivity index (χ3n) is 4.61. The van der Waals surface area contributed by atoms with E-state index in [4.69, 9.17) is 0 Å². The van der Waals surface area contributed by atoms with Crippen LogP contribution in [0.3, 0.4) is 0 Å². The Labute approximate surface area is 157 Å². The standard InChI is InChI=1S/C16H29N5O.2ClH/c1-5-13(20(6-2)7-3)16(22)21-11-8-17-12-14(21)15-18-9-10-19(15)4;;/h9-10,13-14,17H,5-8,11-12H2,1-4H3;2*1H. The van der Waals surface area contributed by atoms with Crippen molar-refractivity contribution >= 4 is 30.7 Å². The van der Waals surface area contributed by atoms with Crippen molar-refractivity contribution in [2.75, 3.05) is 32.7 Å². The van der Waals surface area contributed by atoms with Crippen LogP contribution in [-0.2, 0) is 11.8 Å². The average Bonchev–Trinajstić information content (AvgIpc) is 2.97. The van der Waals surface area contributed by atoms with Crippen LogP contribution in [0, 0.1) is 0 Å². The molecular formula is C16H31Cl2N5O. The number of imidazole rings is 1. The Morgan fingerprint density at radius 2 is 2.04 bits per heavy atom. The molecule has 24 heavy (non-hydrogen) atoms. The van der Waals surface area contributed by atoms with E-state index in [-0.39, 0.29) is 42.8 Å². The number of nitrogens with zero attached hydrogens (tertiary/aromatic N) is 4. The van der Waals surface area contributed by atoms with Crippen LogP contribution in [0.2, 0.25) is 0 Å². The number of amides is 1. The number of aryl methyl sites for hydroxylation is 1. The SMILES string of the molecule is CCC(C(=O)N1CCNCC1c1nccn1C)N(CC)CC.Cl.Cl. The summed E-state index contributed by atoms with van der Waals surface area (Å²) in [4.78, 5) is 21.9. The Kier molecular flexibility index (Phi) is 10.6. The highest BCUT2D eigenvalue weighted by atomic mass is 35.5. The van der Waals surface area contributed by atoms with Gasteiger partial charge >= 0.3 is 0 Å². The number of hydrogen-bond donors (Lipinski definition) is 1. The highest BCUT2D eigenvalue weighted by Gasteiger charge is 2.35. The molecule has 2 unspecified atom stereocenters. The number of nitrogens with one attached hydrogen (secondary N) is 1. The number of likely N-dealkylation sites (N-methyl/N-ethyl adjacent to an activating group) is 1. The minimum atomic E-state index is -0.0316. The van der Waals surface area contributed by atoms with Gasteiger partial charge in [0.05, 0.1) is 6.04 Å². The lowest BCUT2D eigenvalue weighted by Gasteiger charge is -2.40. The predicted molar refractivity (Wildman–Crippen MR) is 102 cm³/mol. The van der Waals surface area contributed by atoms with Gasteiger partial charge in [0, 0.05) is 39.1 Å². The van der Waals surface area contributed by atoms with Crippen LogP contribution in [0.1, 0.15) is 39.1 Å². The topological polar surface area (TPSA) is 53.4 Å². The Balaban J connectivity index is 0.00000264. The molecule has 1 fully saturated rings. The van der Waals surface area contributed by atoms with E-state index in [9.17, 15) is 4.79 Å². The van der Waals surface area contributed by atoms with E-state index in [1.54, 1.807) is 6.20 Å². The highest BCUT2D eigenvalue weighted by molar-refractivity contribution is 5.85. The summed E-state index contributed by atoms with van der Waals surface area (Å²) in [5.74, 6) is 1.19.